The van der Waals surface area contributed by atoms with Crippen LogP contribution < -0.4 is 0 Å². The molecule has 0 radical (unpaired) electrons. The number of halogens is 4. The van der Waals surface area contributed by atoms with E-state index in [2.05, 4.69) is 28.6 Å². The minimum atomic E-state index is -4.25. The molecular formula is C13H13BrF3NOS. The summed E-state index contributed by atoms with van der Waals surface area (Å²) in [4.78, 5) is 14.0. The number of rotatable bonds is 1. The lowest BCUT2D eigenvalue weighted by atomic mass is 9.97. The van der Waals surface area contributed by atoms with Crippen LogP contribution in [0.1, 0.15) is 23.2 Å². The summed E-state index contributed by atoms with van der Waals surface area (Å²) >= 11 is 7.46. The van der Waals surface area contributed by atoms with Crippen molar-refractivity contribution in [2.24, 2.45) is 5.92 Å². The van der Waals surface area contributed by atoms with Gasteiger partial charge in [0.2, 0.25) is 0 Å². The smallest absolute Gasteiger partial charge is 0.338 e. The van der Waals surface area contributed by atoms with Crippen LogP contribution in [0.4, 0.5) is 13.2 Å². The molecule has 1 amide bonds. The summed E-state index contributed by atoms with van der Waals surface area (Å²) in [5.41, 5.74) is 0.333. The molecule has 110 valence electrons. The molecule has 1 aromatic carbocycles. The first-order chi connectivity index (χ1) is 9.29. The Kier molecular flexibility index (Phi) is 4.69. The van der Waals surface area contributed by atoms with Gasteiger partial charge in [-0.25, -0.2) is 0 Å². The molecule has 2 nitrogen and oxygen atoms in total. The van der Waals surface area contributed by atoms with E-state index >= 15 is 0 Å². The van der Waals surface area contributed by atoms with Gasteiger partial charge < -0.3 is 4.90 Å². The van der Waals surface area contributed by atoms with Crippen LogP contribution in [0.15, 0.2) is 27.6 Å². The van der Waals surface area contributed by atoms with Gasteiger partial charge in [-0.1, -0.05) is 15.9 Å². The molecule has 0 N–H and O–H groups in total. The third-order valence-electron chi connectivity index (χ3n) is 3.36. The Morgan fingerprint density at radius 2 is 2.10 bits per heavy atom. The van der Waals surface area contributed by atoms with E-state index in [1.54, 1.807) is 18.2 Å². The minimum Gasteiger partial charge on any atom is -0.338 e. The minimum absolute atomic E-state index is 0.0847. The predicted molar refractivity (Wildman–Crippen MR) is 76.1 cm³/mol. The number of thiol groups is 1. The fraction of sp³-hybridized carbons (Fsp3) is 0.462. The zero-order chi connectivity index (χ0) is 14.9. The number of amides is 1. The van der Waals surface area contributed by atoms with Gasteiger partial charge in [0.1, 0.15) is 0 Å². The Morgan fingerprint density at radius 3 is 2.70 bits per heavy atom. The van der Waals surface area contributed by atoms with Gasteiger partial charge in [-0.15, -0.1) is 12.6 Å². The standard InChI is InChI=1S/C13H13BrF3NOS/c14-9-3-4-10(11(20)6-9)12(19)18-5-1-2-8(7-18)13(15,16)17/h3-4,6,8,20H,1-2,5,7H2. The van der Waals surface area contributed by atoms with Crippen molar-refractivity contribution in [3.63, 3.8) is 0 Å². The lowest BCUT2D eigenvalue weighted by molar-refractivity contribution is -0.184. The molecule has 0 aliphatic carbocycles. The Balaban J connectivity index is 2.16. The molecule has 1 aliphatic heterocycles. The summed E-state index contributed by atoms with van der Waals surface area (Å²) in [7, 11) is 0. The molecule has 7 heteroatoms. The fourth-order valence-electron chi connectivity index (χ4n) is 2.28. The van der Waals surface area contributed by atoms with Crippen molar-refractivity contribution in [2.45, 2.75) is 23.9 Å². The van der Waals surface area contributed by atoms with E-state index in [4.69, 9.17) is 0 Å². The number of hydrogen-bond acceptors (Lipinski definition) is 2. The summed E-state index contributed by atoms with van der Waals surface area (Å²) in [5, 5.41) is 0. The molecule has 2 rings (SSSR count). The maximum Gasteiger partial charge on any atom is 0.393 e. The van der Waals surface area contributed by atoms with Crippen LogP contribution in [0.5, 0.6) is 0 Å². The number of piperidine rings is 1. The topological polar surface area (TPSA) is 20.3 Å². The SMILES string of the molecule is O=C(c1ccc(Br)cc1S)N1CCCC(C(F)(F)F)C1. The average molecular weight is 368 g/mol. The molecule has 1 saturated heterocycles. The van der Waals surface area contributed by atoms with Gasteiger partial charge in [-0.2, -0.15) is 13.2 Å². The van der Waals surface area contributed by atoms with Gasteiger partial charge in [-0.05, 0) is 31.0 Å². The van der Waals surface area contributed by atoms with E-state index in [9.17, 15) is 18.0 Å². The van der Waals surface area contributed by atoms with Crippen molar-refractivity contribution in [3.8, 4) is 0 Å². The van der Waals surface area contributed by atoms with E-state index in [1.165, 1.54) is 4.90 Å². The summed E-state index contributed by atoms with van der Waals surface area (Å²) in [5.74, 6) is -1.82. The van der Waals surface area contributed by atoms with Crippen LogP contribution >= 0.6 is 28.6 Å². The highest BCUT2D eigenvalue weighted by Crippen LogP contribution is 2.34. The molecule has 1 aromatic rings. The highest BCUT2D eigenvalue weighted by molar-refractivity contribution is 9.10. The second-order valence-corrected chi connectivity index (χ2v) is 6.19. The monoisotopic (exact) mass is 367 g/mol. The van der Waals surface area contributed by atoms with E-state index < -0.39 is 18.0 Å². The van der Waals surface area contributed by atoms with Crippen molar-refractivity contribution < 1.29 is 18.0 Å². The van der Waals surface area contributed by atoms with Crippen LogP contribution in [-0.2, 0) is 0 Å². The van der Waals surface area contributed by atoms with Crippen LogP contribution in [0.2, 0.25) is 0 Å². The lowest BCUT2D eigenvalue weighted by Crippen LogP contribution is -2.44. The molecule has 0 spiro atoms. The zero-order valence-electron chi connectivity index (χ0n) is 10.5. The third-order valence-corrected chi connectivity index (χ3v) is 4.22. The summed E-state index contributed by atoms with van der Waals surface area (Å²) in [6, 6.07) is 4.91. The number of nitrogens with zero attached hydrogens (tertiary/aromatic N) is 1. The molecule has 0 bridgehead atoms. The summed E-state index contributed by atoms with van der Waals surface area (Å²) in [6.07, 6.45) is -3.79. The number of carbonyl (C=O) groups excluding carboxylic acids is 1. The van der Waals surface area contributed by atoms with Gasteiger partial charge >= 0.3 is 6.18 Å². The third kappa shape index (κ3) is 3.49. The first-order valence-electron chi connectivity index (χ1n) is 6.13. The zero-order valence-corrected chi connectivity index (χ0v) is 12.9. The van der Waals surface area contributed by atoms with E-state index in [-0.39, 0.29) is 13.0 Å². The van der Waals surface area contributed by atoms with Crippen LogP contribution in [0.3, 0.4) is 0 Å². The van der Waals surface area contributed by atoms with Gasteiger partial charge in [0.25, 0.3) is 5.91 Å². The first-order valence-corrected chi connectivity index (χ1v) is 7.37. The van der Waals surface area contributed by atoms with Crippen molar-refractivity contribution in [1.82, 2.24) is 4.90 Å². The Labute approximate surface area is 128 Å². The van der Waals surface area contributed by atoms with Crippen LogP contribution in [0, 0.1) is 5.92 Å². The second-order valence-electron chi connectivity index (χ2n) is 4.79. The molecule has 0 saturated carbocycles. The Bertz CT molecular complexity index is 521. The van der Waals surface area contributed by atoms with Gasteiger partial charge in [0, 0.05) is 22.5 Å². The molecular weight excluding hydrogens is 355 g/mol. The quantitative estimate of drug-likeness (QED) is 0.739. The van der Waals surface area contributed by atoms with Crippen molar-refractivity contribution in [3.05, 3.63) is 28.2 Å². The highest BCUT2D eigenvalue weighted by Gasteiger charge is 2.42. The number of benzene rings is 1. The first kappa shape index (κ1) is 15.7. The van der Waals surface area contributed by atoms with Crippen LogP contribution in [-0.4, -0.2) is 30.1 Å². The number of likely N-dealkylation sites (tertiary alicyclic amines) is 1. The Hall–Kier alpha value is -0.690. The molecule has 1 atom stereocenters. The number of alkyl halides is 3. The summed E-state index contributed by atoms with van der Waals surface area (Å²) < 4.78 is 39.0. The second kappa shape index (κ2) is 5.97. The van der Waals surface area contributed by atoms with E-state index in [1.807, 2.05) is 0 Å². The van der Waals surface area contributed by atoms with Crippen molar-refractivity contribution >= 4 is 34.5 Å². The van der Waals surface area contributed by atoms with E-state index in [0.29, 0.717) is 23.4 Å². The normalized spacial score (nSPS) is 20.1. The molecule has 1 fully saturated rings. The van der Waals surface area contributed by atoms with Crippen LogP contribution in [0.25, 0.3) is 0 Å². The predicted octanol–water partition coefficient (Wildman–Crippen LogP) is 4.15. The summed E-state index contributed by atoms with van der Waals surface area (Å²) in [6.45, 7) is 0.0836. The van der Waals surface area contributed by atoms with Gasteiger partial charge in [-0.3, -0.25) is 4.79 Å². The molecule has 1 unspecified atom stereocenters. The van der Waals surface area contributed by atoms with Crippen molar-refractivity contribution in [1.29, 1.82) is 0 Å². The molecule has 1 heterocycles. The average Bonchev–Trinajstić information content (AvgIpc) is 2.37. The maximum absolute atomic E-state index is 12.8. The molecule has 0 aromatic heterocycles. The largest absolute Gasteiger partial charge is 0.393 e. The lowest BCUT2D eigenvalue weighted by Gasteiger charge is -2.34. The van der Waals surface area contributed by atoms with E-state index in [0.717, 1.165) is 4.47 Å². The fourth-order valence-corrected chi connectivity index (χ4v) is 3.13. The van der Waals surface area contributed by atoms with Crippen molar-refractivity contribution in [2.75, 3.05) is 13.1 Å². The Morgan fingerprint density at radius 1 is 1.40 bits per heavy atom. The van der Waals surface area contributed by atoms with Gasteiger partial charge in [0.05, 0.1) is 11.5 Å². The molecule has 20 heavy (non-hydrogen) atoms. The highest BCUT2D eigenvalue weighted by atomic mass is 79.9. The maximum atomic E-state index is 12.8. The number of hydrogen-bond donors (Lipinski definition) is 1. The molecule has 1 aliphatic rings. The number of carbonyl (C=O) groups is 1. The van der Waals surface area contributed by atoms with Gasteiger partial charge in [0.15, 0.2) is 0 Å².